The number of aryl methyl sites for hydroxylation is 1. The normalized spacial score (nSPS) is 14.5. The van der Waals surface area contributed by atoms with Gasteiger partial charge in [-0.3, -0.25) is 14.8 Å². The molecule has 5 rings (SSSR count). The zero-order valence-electron chi connectivity index (χ0n) is 21.0. The number of fused-ring (bicyclic) bond motifs is 2. The van der Waals surface area contributed by atoms with Gasteiger partial charge in [-0.15, -0.1) is 0 Å². The van der Waals surface area contributed by atoms with Crippen LogP contribution in [0.25, 0.3) is 17.0 Å². The number of amides is 2. The molecule has 0 saturated heterocycles. The molecule has 3 aromatic carbocycles. The third-order valence-corrected chi connectivity index (χ3v) is 7.10. The first-order chi connectivity index (χ1) is 18.5. The van der Waals surface area contributed by atoms with Crippen LogP contribution in [-0.2, 0) is 17.6 Å². The number of nitrogens with zero attached hydrogens (tertiary/aromatic N) is 1. The van der Waals surface area contributed by atoms with E-state index in [-0.39, 0.29) is 17.7 Å². The number of methoxy groups -OCH3 is 1. The molecule has 1 atom stereocenters. The van der Waals surface area contributed by atoms with Crippen molar-refractivity contribution >= 4 is 28.8 Å². The maximum atomic E-state index is 13.8. The van der Waals surface area contributed by atoms with Crippen molar-refractivity contribution in [2.45, 2.75) is 25.3 Å². The van der Waals surface area contributed by atoms with Crippen molar-refractivity contribution in [2.24, 2.45) is 0 Å². The Morgan fingerprint density at radius 1 is 1.13 bits per heavy atom. The lowest BCUT2D eigenvalue weighted by molar-refractivity contribution is -0.124. The van der Waals surface area contributed by atoms with Crippen LogP contribution in [0.4, 0.5) is 0 Å². The number of hydrogen-bond donors (Lipinski definition) is 4. The van der Waals surface area contributed by atoms with E-state index in [1.165, 1.54) is 18.2 Å². The number of hydroxylamine groups is 1. The summed E-state index contributed by atoms with van der Waals surface area (Å²) in [7, 11) is 1.64. The first kappa shape index (κ1) is 25.1. The number of carbonyl (C=O) groups excluding carboxylic acids is 2. The highest BCUT2D eigenvalue weighted by atomic mass is 16.5. The molecular formula is C30H29N3O5. The van der Waals surface area contributed by atoms with Gasteiger partial charge in [0.15, 0.2) is 0 Å². The second-order valence-corrected chi connectivity index (χ2v) is 9.34. The lowest BCUT2D eigenvalue weighted by Gasteiger charge is -2.30. The first-order valence-corrected chi connectivity index (χ1v) is 12.5. The van der Waals surface area contributed by atoms with Crippen molar-refractivity contribution in [3.05, 3.63) is 101 Å². The molecule has 1 aliphatic rings. The summed E-state index contributed by atoms with van der Waals surface area (Å²) in [6, 6.07) is 18.1. The van der Waals surface area contributed by atoms with Crippen LogP contribution >= 0.6 is 0 Å². The van der Waals surface area contributed by atoms with Crippen LogP contribution < -0.4 is 10.2 Å². The van der Waals surface area contributed by atoms with E-state index in [4.69, 9.17) is 9.94 Å². The molecule has 1 heterocycles. The van der Waals surface area contributed by atoms with Crippen molar-refractivity contribution in [3.8, 4) is 11.5 Å². The average molecular weight is 512 g/mol. The molecule has 0 radical (unpaired) electrons. The van der Waals surface area contributed by atoms with E-state index in [2.05, 4.69) is 4.98 Å². The smallest absolute Gasteiger partial charge is 0.267 e. The molecule has 38 heavy (non-hydrogen) atoms. The fourth-order valence-electron chi connectivity index (χ4n) is 5.16. The Kier molecular flexibility index (Phi) is 7.15. The van der Waals surface area contributed by atoms with E-state index < -0.39 is 5.91 Å². The molecule has 0 fully saturated rings. The monoisotopic (exact) mass is 511 g/mol. The van der Waals surface area contributed by atoms with Gasteiger partial charge >= 0.3 is 0 Å². The summed E-state index contributed by atoms with van der Waals surface area (Å²) in [5, 5.41) is 19.5. The number of aromatic hydroxyl groups is 1. The molecule has 4 aromatic rings. The maximum absolute atomic E-state index is 13.8. The number of phenolic OH excluding ortho intramolecular Hbond substituents is 1. The minimum Gasteiger partial charge on any atom is -0.508 e. The molecule has 0 spiro atoms. The van der Waals surface area contributed by atoms with Gasteiger partial charge in [-0.1, -0.05) is 18.2 Å². The largest absolute Gasteiger partial charge is 0.508 e. The van der Waals surface area contributed by atoms with Crippen molar-refractivity contribution in [2.75, 3.05) is 13.7 Å². The molecule has 8 nitrogen and oxygen atoms in total. The van der Waals surface area contributed by atoms with Gasteiger partial charge in [0.2, 0.25) is 0 Å². The quantitative estimate of drug-likeness (QED) is 0.155. The highest BCUT2D eigenvalue weighted by Gasteiger charge is 2.31. The minimum atomic E-state index is -0.593. The first-order valence-electron chi connectivity index (χ1n) is 12.5. The van der Waals surface area contributed by atoms with Crippen molar-refractivity contribution in [1.82, 2.24) is 15.4 Å². The lowest BCUT2D eigenvalue weighted by atomic mass is 10.0. The van der Waals surface area contributed by atoms with Crippen molar-refractivity contribution in [3.63, 3.8) is 0 Å². The second kappa shape index (κ2) is 10.8. The van der Waals surface area contributed by atoms with Crippen molar-refractivity contribution in [1.29, 1.82) is 0 Å². The SMILES string of the molecule is COc1ccc2c(CCN(C(=O)c3ccc(O)cc3)C3CCc4cc(C=CC(=O)NO)ccc43)c[nH]c2c1. The van der Waals surface area contributed by atoms with Crippen LogP contribution in [0.2, 0.25) is 0 Å². The summed E-state index contributed by atoms with van der Waals surface area (Å²) < 4.78 is 5.33. The zero-order valence-corrected chi connectivity index (χ0v) is 21.0. The molecule has 194 valence electrons. The van der Waals surface area contributed by atoms with Crippen LogP contribution in [0.1, 0.15) is 45.1 Å². The van der Waals surface area contributed by atoms with Crippen LogP contribution in [0.15, 0.2) is 72.9 Å². The Balaban J connectivity index is 1.43. The van der Waals surface area contributed by atoms with Gasteiger partial charge in [0.25, 0.3) is 11.8 Å². The van der Waals surface area contributed by atoms with Gasteiger partial charge in [0.1, 0.15) is 11.5 Å². The van der Waals surface area contributed by atoms with Crippen LogP contribution in [-0.4, -0.2) is 45.7 Å². The number of H-pyrrole nitrogens is 1. The minimum absolute atomic E-state index is 0.0899. The van der Waals surface area contributed by atoms with Crippen molar-refractivity contribution < 1.29 is 24.6 Å². The van der Waals surface area contributed by atoms with Gasteiger partial charge in [-0.2, -0.15) is 0 Å². The number of aromatic nitrogens is 1. The summed E-state index contributed by atoms with van der Waals surface area (Å²) in [4.78, 5) is 30.4. The van der Waals surface area contributed by atoms with Gasteiger partial charge < -0.3 is 19.7 Å². The fourth-order valence-corrected chi connectivity index (χ4v) is 5.16. The Labute approximate surface area is 220 Å². The molecule has 0 aliphatic heterocycles. The van der Waals surface area contributed by atoms with Gasteiger partial charge in [-0.05, 0) is 84.0 Å². The molecule has 0 saturated carbocycles. The Morgan fingerprint density at radius 2 is 1.95 bits per heavy atom. The molecule has 1 aliphatic carbocycles. The van der Waals surface area contributed by atoms with E-state index >= 15 is 0 Å². The van der Waals surface area contributed by atoms with E-state index in [1.54, 1.807) is 30.8 Å². The topological polar surface area (TPSA) is 115 Å². The van der Waals surface area contributed by atoms with E-state index in [1.807, 2.05) is 47.5 Å². The van der Waals surface area contributed by atoms with E-state index in [0.717, 1.165) is 51.7 Å². The number of rotatable bonds is 8. The number of carbonyl (C=O) groups is 2. The zero-order chi connectivity index (χ0) is 26.6. The fraction of sp³-hybridized carbons (Fsp3) is 0.200. The average Bonchev–Trinajstić information content (AvgIpc) is 3.55. The predicted molar refractivity (Wildman–Crippen MR) is 144 cm³/mol. The third-order valence-electron chi connectivity index (χ3n) is 7.10. The number of phenols is 1. The highest BCUT2D eigenvalue weighted by molar-refractivity contribution is 5.95. The molecule has 0 bridgehead atoms. The molecule has 4 N–H and O–H groups in total. The summed E-state index contributed by atoms with van der Waals surface area (Å²) in [5.41, 5.74) is 7.28. The Morgan fingerprint density at radius 3 is 2.71 bits per heavy atom. The molecule has 2 amide bonds. The molecule has 8 heteroatoms. The van der Waals surface area contributed by atoms with Gasteiger partial charge in [0, 0.05) is 41.4 Å². The summed E-state index contributed by atoms with van der Waals surface area (Å²) in [6.07, 6.45) is 7.15. The summed E-state index contributed by atoms with van der Waals surface area (Å²) in [6.45, 7) is 0.515. The predicted octanol–water partition coefficient (Wildman–Crippen LogP) is 4.77. The molecular weight excluding hydrogens is 482 g/mol. The number of nitrogens with one attached hydrogen (secondary N) is 2. The standard InChI is InChI=1S/C30H29N3O5/c1-38-24-9-11-25-22(18-31-27(25)17-24)14-15-33(30(36)20-4-7-23(34)8-5-20)28-12-6-21-16-19(2-10-26(21)28)3-13-29(35)32-37/h2-5,7-11,13,16-18,28,31,34,37H,6,12,14-15H2,1H3,(H,32,35). The second-order valence-electron chi connectivity index (χ2n) is 9.34. The van der Waals surface area contributed by atoms with Crippen LogP contribution in [0, 0.1) is 0 Å². The summed E-state index contributed by atoms with van der Waals surface area (Å²) >= 11 is 0. The lowest BCUT2D eigenvalue weighted by Crippen LogP contribution is -2.35. The number of hydrogen-bond acceptors (Lipinski definition) is 5. The Hall–Kier alpha value is -4.56. The number of aromatic amines is 1. The molecule has 1 aromatic heterocycles. The molecule has 1 unspecified atom stereocenters. The van der Waals surface area contributed by atoms with Gasteiger partial charge in [-0.25, -0.2) is 5.48 Å². The number of benzene rings is 3. The van der Waals surface area contributed by atoms with Crippen LogP contribution in [0.5, 0.6) is 11.5 Å². The Bertz CT molecular complexity index is 1510. The maximum Gasteiger partial charge on any atom is 0.267 e. The summed E-state index contributed by atoms with van der Waals surface area (Å²) in [5.74, 6) is 0.213. The third kappa shape index (κ3) is 5.12. The van der Waals surface area contributed by atoms with E-state index in [0.29, 0.717) is 18.5 Å². The van der Waals surface area contributed by atoms with E-state index in [9.17, 15) is 14.7 Å². The highest BCUT2D eigenvalue weighted by Crippen LogP contribution is 2.38. The number of ether oxygens (including phenoxy) is 1. The van der Waals surface area contributed by atoms with Crippen LogP contribution in [0.3, 0.4) is 0 Å². The van der Waals surface area contributed by atoms with Gasteiger partial charge in [0.05, 0.1) is 13.2 Å².